The maximum Gasteiger partial charge on any atom is 0.239 e. The molecule has 0 unspecified atom stereocenters. The molecule has 0 radical (unpaired) electrons. The van der Waals surface area contributed by atoms with Gasteiger partial charge in [0.2, 0.25) is 5.91 Å². The number of hydrogen-bond acceptors (Lipinski definition) is 6. The van der Waals surface area contributed by atoms with Crippen molar-refractivity contribution in [3.8, 4) is 0 Å². The summed E-state index contributed by atoms with van der Waals surface area (Å²) < 4.78 is 29.7. The minimum Gasteiger partial charge on any atom is -0.396 e. The number of carbonyl (C=O) groups excluding carboxylic acids is 1. The third kappa shape index (κ3) is 3.91. The summed E-state index contributed by atoms with van der Waals surface area (Å²) in [7, 11) is 0. The predicted octanol–water partition coefficient (Wildman–Crippen LogP) is 2.21. The van der Waals surface area contributed by atoms with Crippen LogP contribution in [0.3, 0.4) is 0 Å². The van der Waals surface area contributed by atoms with Crippen LogP contribution in [-0.4, -0.2) is 63.3 Å². The number of nitrogens with one attached hydrogen (secondary N) is 1. The molecule has 1 amide bonds. The number of likely N-dealkylation sites (tertiary alicyclic amines) is 1. The molecule has 2 fully saturated rings. The highest BCUT2D eigenvalue weighted by molar-refractivity contribution is 5.91. The van der Waals surface area contributed by atoms with Crippen molar-refractivity contribution in [3.05, 3.63) is 53.7 Å². The maximum atomic E-state index is 14.4. The standard InChI is InChI=1S/C22H24F2N6O2/c23-15-3-4-17(24)16(8-15)18-2-1-7-29(18)20-6-5-19-25-9-21(30(19)27-20)26-22(32)12-28-10-14(11-28)13-31/h3-6,8-9,14,18,31H,1-2,7,10-13H2,(H,26,32)/t18-/m1/s1. The van der Waals surface area contributed by atoms with E-state index in [1.165, 1.54) is 6.07 Å². The molecule has 10 heteroatoms. The van der Waals surface area contributed by atoms with E-state index in [9.17, 15) is 13.6 Å². The monoisotopic (exact) mass is 442 g/mol. The van der Waals surface area contributed by atoms with Gasteiger partial charge in [0.15, 0.2) is 11.5 Å². The molecule has 2 aliphatic heterocycles. The Kier molecular flexibility index (Phi) is 5.48. The summed E-state index contributed by atoms with van der Waals surface area (Å²) in [5.74, 6) is 0.193. The summed E-state index contributed by atoms with van der Waals surface area (Å²) in [6, 6.07) is 6.80. The fourth-order valence-electron chi connectivity index (χ4n) is 4.54. The van der Waals surface area contributed by atoms with E-state index in [2.05, 4.69) is 15.4 Å². The number of fused-ring (bicyclic) bond motifs is 1. The number of aromatic nitrogens is 3. The van der Waals surface area contributed by atoms with Gasteiger partial charge in [-0.3, -0.25) is 9.69 Å². The molecule has 32 heavy (non-hydrogen) atoms. The van der Waals surface area contributed by atoms with Crippen molar-refractivity contribution in [3.63, 3.8) is 0 Å². The zero-order valence-electron chi connectivity index (χ0n) is 17.4. The molecule has 0 aliphatic carbocycles. The number of rotatable bonds is 6. The van der Waals surface area contributed by atoms with Gasteiger partial charge in [0.05, 0.1) is 18.8 Å². The molecule has 4 heterocycles. The molecule has 0 spiro atoms. The van der Waals surface area contributed by atoms with Crippen molar-refractivity contribution in [1.29, 1.82) is 0 Å². The van der Waals surface area contributed by atoms with Gasteiger partial charge in [-0.15, -0.1) is 5.10 Å². The SMILES string of the molecule is O=C(CN1CC(CO)C1)Nc1cnc2ccc(N3CCC[C@@H]3c3cc(F)ccc3F)nn12. The van der Waals surface area contributed by atoms with Gasteiger partial charge in [-0.2, -0.15) is 4.52 Å². The molecule has 2 N–H and O–H groups in total. The first kappa shape index (κ1) is 20.8. The molecular weight excluding hydrogens is 418 g/mol. The van der Waals surface area contributed by atoms with E-state index >= 15 is 0 Å². The number of nitrogens with zero attached hydrogens (tertiary/aromatic N) is 5. The van der Waals surface area contributed by atoms with Crippen LogP contribution in [0.5, 0.6) is 0 Å². The summed E-state index contributed by atoms with van der Waals surface area (Å²) in [6.07, 6.45) is 3.07. The zero-order valence-corrected chi connectivity index (χ0v) is 17.4. The number of halogens is 2. The maximum absolute atomic E-state index is 14.4. The molecule has 0 bridgehead atoms. The summed E-state index contributed by atoms with van der Waals surface area (Å²) in [5, 5.41) is 16.6. The Labute approximate surface area is 183 Å². The van der Waals surface area contributed by atoms with E-state index in [1.54, 1.807) is 22.8 Å². The van der Waals surface area contributed by atoms with E-state index < -0.39 is 11.6 Å². The van der Waals surface area contributed by atoms with E-state index in [0.717, 1.165) is 18.6 Å². The van der Waals surface area contributed by atoms with Gasteiger partial charge in [-0.05, 0) is 43.2 Å². The Balaban J connectivity index is 1.36. The van der Waals surface area contributed by atoms with Crippen LogP contribution in [0.2, 0.25) is 0 Å². The Hall–Kier alpha value is -3.11. The summed E-state index contributed by atoms with van der Waals surface area (Å²) >= 11 is 0. The van der Waals surface area contributed by atoms with Gasteiger partial charge in [0.25, 0.3) is 0 Å². The number of hydrogen-bond donors (Lipinski definition) is 2. The average Bonchev–Trinajstić information content (AvgIpc) is 3.39. The fourth-order valence-corrected chi connectivity index (χ4v) is 4.54. The minimum atomic E-state index is -0.469. The molecule has 0 saturated carbocycles. The summed E-state index contributed by atoms with van der Waals surface area (Å²) in [4.78, 5) is 20.6. The molecule has 168 valence electrons. The van der Waals surface area contributed by atoms with Crippen LogP contribution >= 0.6 is 0 Å². The fraction of sp³-hybridized carbons (Fsp3) is 0.409. The Morgan fingerprint density at radius 3 is 2.88 bits per heavy atom. The normalized spacial score (nSPS) is 19.5. The second kappa shape index (κ2) is 8.44. The van der Waals surface area contributed by atoms with E-state index in [-0.39, 0.29) is 31.0 Å². The quantitative estimate of drug-likeness (QED) is 0.609. The third-order valence-corrected chi connectivity index (χ3v) is 6.14. The van der Waals surface area contributed by atoms with E-state index in [4.69, 9.17) is 5.11 Å². The summed E-state index contributed by atoms with van der Waals surface area (Å²) in [6.45, 7) is 2.43. The van der Waals surface area contributed by atoms with Crippen LogP contribution in [0.25, 0.3) is 5.65 Å². The number of carbonyl (C=O) groups is 1. The molecular formula is C22H24F2N6O2. The lowest BCUT2D eigenvalue weighted by Crippen LogP contribution is -2.51. The number of anilines is 2. The summed E-state index contributed by atoms with van der Waals surface area (Å²) in [5.41, 5.74) is 0.889. The van der Waals surface area contributed by atoms with Crippen LogP contribution in [0.4, 0.5) is 20.4 Å². The van der Waals surface area contributed by atoms with Crippen LogP contribution in [0.1, 0.15) is 24.4 Å². The number of aliphatic hydroxyl groups is 1. The molecule has 3 aromatic rings. The van der Waals surface area contributed by atoms with Crippen LogP contribution in [0.15, 0.2) is 36.5 Å². The highest BCUT2D eigenvalue weighted by Crippen LogP contribution is 2.36. The van der Waals surface area contributed by atoms with Gasteiger partial charge in [-0.1, -0.05) is 0 Å². The van der Waals surface area contributed by atoms with Crippen molar-refractivity contribution >= 4 is 23.2 Å². The first-order chi connectivity index (χ1) is 15.5. The molecule has 1 atom stereocenters. The second-order valence-corrected chi connectivity index (χ2v) is 8.41. The van der Waals surface area contributed by atoms with Crippen LogP contribution in [0, 0.1) is 17.6 Å². The first-order valence-electron chi connectivity index (χ1n) is 10.7. The van der Waals surface area contributed by atoms with Crippen molar-refractivity contribution in [2.45, 2.75) is 18.9 Å². The Morgan fingerprint density at radius 1 is 1.22 bits per heavy atom. The lowest BCUT2D eigenvalue weighted by Gasteiger charge is -2.37. The highest BCUT2D eigenvalue weighted by Gasteiger charge is 2.30. The lowest BCUT2D eigenvalue weighted by atomic mass is 10.0. The molecule has 8 nitrogen and oxygen atoms in total. The largest absolute Gasteiger partial charge is 0.396 e. The third-order valence-electron chi connectivity index (χ3n) is 6.14. The van der Waals surface area contributed by atoms with Gasteiger partial charge in [0.1, 0.15) is 17.5 Å². The Morgan fingerprint density at radius 2 is 2.06 bits per heavy atom. The second-order valence-electron chi connectivity index (χ2n) is 8.41. The zero-order chi connectivity index (χ0) is 22.2. The molecule has 2 aromatic heterocycles. The number of benzene rings is 1. The molecule has 5 rings (SSSR count). The van der Waals surface area contributed by atoms with Gasteiger partial charge in [0, 0.05) is 37.7 Å². The van der Waals surface area contributed by atoms with Gasteiger partial charge >= 0.3 is 0 Å². The van der Waals surface area contributed by atoms with Gasteiger partial charge < -0.3 is 15.3 Å². The van der Waals surface area contributed by atoms with Crippen LogP contribution in [-0.2, 0) is 4.79 Å². The van der Waals surface area contributed by atoms with Crippen molar-refractivity contribution < 1.29 is 18.7 Å². The highest BCUT2D eigenvalue weighted by atomic mass is 19.1. The minimum absolute atomic E-state index is 0.134. The smallest absolute Gasteiger partial charge is 0.239 e. The van der Waals surface area contributed by atoms with Crippen molar-refractivity contribution in [2.24, 2.45) is 5.92 Å². The predicted molar refractivity (Wildman–Crippen MR) is 114 cm³/mol. The number of aliphatic hydroxyl groups excluding tert-OH is 1. The molecule has 2 aliphatic rings. The van der Waals surface area contributed by atoms with Gasteiger partial charge in [-0.25, -0.2) is 13.8 Å². The number of imidazole rings is 1. The van der Waals surface area contributed by atoms with Crippen molar-refractivity contribution in [2.75, 3.05) is 43.0 Å². The lowest BCUT2D eigenvalue weighted by molar-refractivity contribution is -0.119. The van der Waals surface area contributed by atoms with Crippen LogP contribution < -0.4 is 10.2 Å². The first-order valence-corrected chi connectivity index (χ1v) is 10.7. The number of amides is 1. The Bertz CT molecular complexity index is 1150. The van der Waals surface area contributed by atoms with E-state index in [1.807, 2.05) is 9.80 Å². The average molecular weight is 442 g/mol. The topological polar surface area (TPSA) is 86.0 Å². The van der Waals surface area contributed by atoms with E-state index in [0.29, 0.717) is 48.9 Å². The molecule has 2 saturated heterocycles. The van der Waals surface area contributed by atoms with Crippen molar-refractivity contribution in [1.82, 2.24) is 19.5 Å². The molecule has 1 aromatic carbocycles.